The van der Waals surface area contributed by atoms with Crippen molar-refractivity contribution in [2.45, 2.75) is 57.9 Å². The van der Waals surface area contributed by atoms with Crippen LogP contribution in [0.2, 0.25) is 0 Å². The summed E-state index contributed by atoms with van der Waals surface area (Å²) in [6.45, 7) is 5.89. The van der Waals surface area contributed by atoms with Crippen LogP contribution in [0.15, 0.2) is 30.3 Å². The van der Waals surface area contributed by atoms with Gasteiger partial charge in [0.25, 0.3) is 0 Å². The summed E-state index contributed by atoms with van der Waals surface area (Å²) in [5.74, 6) is 7.57. The lowest BCUT2D eigenvalue weighted by atomic mass is 9.43. The van der Waals surface area contributed by atoms with Gasteiger partial charge in [-0.05, 0) is 67.4 Å². The molecule has 0 saturated heterocycles. The zero-order chi connectivity index (χ0) is 15.3. The Morgan fingerprint density at radius 1 is 1.00 bits per heavy atom. The third-order valence-corrected chi connectivity index (χ3v) is 6.18. The summed E-state index contributed by atoms with van der Waals surface area (Å²) >= 11 is 0. The summed E-state index contributed by atoms with van der Waals surface area (Å²) in [6.07, 6.45) is 8.46. The van der Waals surface area contributed by atoms with Crippen molar-refractivity contribution >= 4 is 0 Å². The smallest absolute Gasteiger partial charge is 0.0584 e. The van der Waals surface area contributed by atoms with E-state index in [2.05, 4.69) is 55.3 Å². The molecular formula is C21H27N. The van der Waals surface area contributed by atoms with Gasteiger partial charge in [0, 0.05) is 11.1 Å². The van der Waals surface area contributed by atoms with Crippen molar-refractivity contribution in [1.29, 1.82) is 0 Å². The van der Waals surface area contributed by atoms with E-state index in [1.165, 1.54) is 38.5 Å². The lowest BCUT2D eigenvalue weighted by molar-refractivity contribution is -0.116. The second-order valence-electron chi connectivity index (χ2n) is 8.93. The first-order chi connectivity index (χ1) is 10.5. The van der Waals surface area contributed by atoms with Gasteiger partial charge in [-0.3, -0.25) is 0 Å². The monoisotopic (exact) mass is 293 g/mol. The number of rotatable bonds is 2. The molecule has 4 bridgehead atoms. The van der Waals surface area contributed by atoms with Crippen LogP contribution in [0.25, 0.3) is 0 Å². The molecule has 1 heteroatoms. The Morgan fingerprint density at radius 2 is 1.68 bits per heavy atom. The fourth-order valence-corrected chi connectivity index (χ4v) is 6.54. The summed E-state index contributed by atoms with van der Waals surface area (Å²) < 4.78 is 0. The molecule has 2 unspecified atom stereocenters. The van der Waals surface area contributed by atoms with E-state index in [0.717, 1.165) is 18.0 Å². The van der Waals surface area contributed by atoms with Crippen molar-refractivity contribution in [1.82, 2.24) is 5.32 Å². The summed E-state index contributed by atoms with van der Waals surface area (Å²) in [6, 6.07) is 10.3. The molecule has 4 aliphatic rings. The van der Waals surface area contributed by atoms with Gasteiger partial charge in [0.2, 0.25) is 0 Å². The van der Waals surface area contributed by atoms with Gasteiger partial charge in [0.05, 0.1) is 6.54 Å². The van der Waals surface area contributed by atoms with E-state index < -0.39 is 0 Å². The summed E-state index contributed by atoms with van der Waals surface area (Å²) in [4.78, 5) is 0. The molecule has 1 aromatic carbocycles. The molecule has 1 N–H and O–H groups in total. The zero-order valence-electron chi connectivity index (χ0n) is 13.9. The molecule has 0 aliphatic heterocycles. The number of nitrogens with one attached hydrogen (secondary N) is 1. The van der Waals surface area contributed by atoms with Crippen LogP contribution in [0.3, 0.4) is 0 Å². The van der Waals surface area contributed by atoms with Gasteiger partial charge in [-0.2, -0.15) is 0 Å². The van der Waals surface area contributed by atoms with Crippen LogP contribution in [0.4, 0.5) is 0 Å². The predicted molar refractivity (Wildman–Crippen MR) is 91.5 cm³/mol. The lowest BCUT2D eigenvalue weighted by Gasteiger charge is -2.65. The van der Waals surface area contributed by atoms with Crippen molar-refractivity contribution in [2.75, 3.05) is 6.54 Å². The molecule has 5 rings (SSSR count). The highest BCUT2D eigenvalue weighted by molar-refractivity contribution is 5.34. The van der Waals surface area contributed by atoms with Crippen LogP contribution in [0, 0.1) is 28.6 Å². The van der Waals surface area contributed by atoms with E-state index in [0.29, 0.717) is 16.4 Å². The van der Waals surface area contributed by atoms with Gasteiger partial charge in [-0.25, -0.2) is 0 Å². The van der Waals surface area contributed by atoms with Crippen LogP contribution < -0.4 is 5.32 Å². The normalized spacial score (nSPS) is 42.0. The van der Waals surface area contributed by atoms with E-state index in [1.807, 2.05) is 6.07 Å². The maximum absolute atomic E-state index is 3.87. The van der Waals surface area contributed by atoms with E-state index in [-0.39, 0.29) is 0 Å². The predicted octanol–water partition coefficient (Wildman–Crippen LogP) is 4.38. The van der Waals surface area contributed by atoms with Crippen LogP contribution in [0.5, 0.6) is 0 Å². The molecule has 1 nitrogen and oxygen atoms in total. The lowest BCUT2D eigenvalue weighted by Crippen LogP contribution is -2.64. The SMILES string of the molecule is CC12CC3CC(C)(C1)CC(NCC#Cc1ccccc1)(C3)C2. The van der Waals surface area contributed by atoms with Crippen molar-refractivity contribution in [2.24, 2.45) is 16.7 Å². The highest BCUT2D eigenvalue weighted by atomic mass is 15.0. The Bertz CT molecular complexity index is 602. The van der Waals surface area contributed by atoms with Gasteiger partial charge in [-0.15, -0.1) is 0 Å². The first-order valence-electron chi connectivity index (χ1n) is 8.77. The average molecular weight is 293 g/mol. The van der Waals surface area contributed by atoms with Gasteiger partial charge in [0.1, 0.15) is 0 Å². The highest BCUT2D eigenvalue weighted by Gasteiger charge is 2.59. The maximum Gasteiger partial charge on any atom is 0.0584 e. The molecule has 0 radical (unpaired) electrons. The van der Waals surface area contributed by atoms with Crippen molar-refractivity contribution in [3.63, 3.8) is 0 Å². The summed E-state index contributed by atoms with van der Waals surface area (Å²) in [5.41, 5.74) is 2.64. The fourth-order valence-electron chi connectivity index (χ4n) is 6.54. The zero-order valence-corrected chi connectivity index (χ0v) is 13.9. The number of hydrogen-bond donors (Lipinski definition) is 1. The third-order valence-electron chi connectivity index (χ3n) is 6.18. The second kappa shape index (κ2) is 4.87. The first-order valence-corrected chi connectivity index (χ1v) is 8.77. The van der Waals surface area contributed by atoms with Crippen LogP contribution in [-0.2, 0) is 0 Å². The number of benzene rings is 1. The van der Waals surface area contributed by atoms with Crippen LogP contribution in [0.1, 0.15) is 57.9 Å². The Morgan fingerprint density at radius 3 is 2.32 bits per heavy atom. The van der Waals surface area contributed by atoms with E-state index in [4.69, 9.17) is 0 Å². The topological polar surface area (TPSA) is 12.0 Å². The van der Waals surface area contributed by atoms with E-state index in [1.54, 1.807) is 0 Å². The molecule has 4 aliphatic carbocycles. The Kier molecular flexibility index (Phi) is 3.17. The Balaban J connectivity index is 1.46. The molecule has 0 spiro atoms. The molecule has 22 heavy (non-hydrogen) atoms. The van der Waals surface area contributed by atoms with Crippen molar-refractivity contribution in [3.8, 4) is 11.8 Å². The molecule has 116 valence electrons. The Labute approximate surface area is 134 Å². The molecule has 2 atom stereocenters. The van der Waals surface area contributed by atoms with Gasteiger partial charge >= 0.3 is 0 Å². The molecule has 0 amide bonds. The van der Waals surface area contributed by atoms with Crippen molar-refractivity contribution in [3.05, 3.63) is 35.9 Å². The minimum absolute atomic E-state index is 0.369. The van der Waals surface area contributed by atoms with Crippen LogP contribution in [-0.4, -0.2) is 12.1 Å². The largest absolute Gasteiger partial charge is 0.301 e. The summed E-state index contributed by atoms with van der Waals surface area (Å²) in [5, 5.41) is 3.87. The molecular weight excluding hydrogens is 266 g/mol. The standard InChI is InChI=1S/C21H27N/c1-19-11-18-12-20(2,14-19)16-21(13-18,15-19)22-10-6-9-17-7-4-3-5-8-17/h3-5,7-8,18,22H,10-16H2,1-2H3. The highest BCUT2D eigenvalue weighted by Crippen LogP contribution is 2.66. The second-order valence-corrected chi connectivity index (χ2v) is 8.93. The first kappa shape index (κ1) is 14.3. The Hall–Kier alpha value is -1.26. The molecule has 4 saturated carbocycles. The summed E-state index contributed by atoms with van der Waals surface area (Å²) in [7, 11) is 0. The molecule has 4 fully saturated rings. The quantitative estimate of drug-likeness (QED) is 0.798. The minimum Gasteiger partial charge on any atom is -0.301 e. The number of hydrogen-bond acceptors (Lipinski definition) is 1. The minimum atomic E-state index is 0.369. The van der Waals surface area contributed by atoms with Gasteiger partial charge in [0.15, 0.2) is 0 Å². The molecule has 1 aromatic rings. The van der Waals surface area contributed by atoms with Gasteiger partial charge < -0.3 is 5.32 Å². The molecule has 0 heterocycles. The van der Waals surface area contributed by atoms with Gasteiger partial charge in [-0.1, -0.05) is 43.9 Å². The van der Waals surface area contributed by atoms with E-state index >= 15 is 0 Å². The molecule has 0 aromatic heterocycles. The maximum atomic E-state index is 3.87. The third kappa shape index (κ3) is 2.59. The average Bonchev–Trinajstić information content (AvgIpc) is 2.41. The van der Waals surface area contributed by atoms with Crippen molar-refractivity contribution < 1.29 is 0 Å². The fraction of sp³-hybridized carbons (Fsp3) is 0.619. The van der Waals surface area contributed by atoms with Crippen LogP contribution >= 0.6 is 0 Å². The van der Waals surface area contributed by atoms with E-state index in [9.17, 15) is 0 Å².